The molecule has 0 spiro atoms. The molecule has 28 heavy (non-hydrogen) atoms. The molecule has 0 saturated carbocycles. The molecule has 0 unspecified atom stereocenters. The van der Waals surface area contributed by atoms with E-state index in [0.29, 0.717) is 36.1 Å². The van der Waals surface area contributed by atoms with Crippen LogP contribution in [-0.4, -0.2) is 59.9 Å². The number of thioether (sulfide) groups is 1. The lowest BCUT2D eigenvalue weighted by molar-refractivity contribution is 0.0947. The highest BCUT2D eigenvalue weighted by atomic mass is 32.2. The third kappa shape index (κ3) is 4.77. The molecule has 8 nitrogen and oxygen atoms in total. The van der Waals surface area contributed by atoms with Crippen LogP contribution in [0.25, 0.3) is 0 Å². The zero-order chi connectivity index (χ0) is 19.9. The molecule has 2 aromatic rings. The van der Waals surface area contributed by atoms with Crippen LogP contribution >= 0.6 is 11.8 Å². The van der Waals surface area contributed by atoms with Crippen molar-refractivity contribution >= 4 is 17.7 Å². The van der Waals surface area contributed by atoms with E-state index in [2.05, 4.69) is 15.5 Å². The Bertz CT molecular complexity index is 783. The summed E-state index contributed by atoms with van der Waals surface area (Å²) >= 11 is 1.66. The molecule has 1 amide bonds. The van der Waals surface area contributed by atoms with E-state index < -0.39 is 0 Å². The van der Waals surface area contributed by atoms with Gasteiger partial charge in [-0.05, 0) is 25.0 Å². The van der Waals surface area contributed by atoms with Crippen LogP contribution in [0.3, 0.4) is 0 Å². The summed E-state index contributed by atoms with van der Waals surface area (Å²) in [5.41, 5.74) is 0.387. The quantitative estimate of drug-likeness (QED) is 0.638. The van der Waals surface area contributed by atoms with Crippen molar-refractivity contribution in [3.63, 3.8) is 0 Å². The van der Waals surface area contributed by atoms with E-state index in [1.807, 2.05) is 11.6 Å². The fourth-order valence-corrected chi connectivity index (χ4v) is 4.08. The van der Waals surface area contributed by atoms with Crippen molar-refractivity contribution in [2.24, 2.45) is 7.05 Å². The van der Waals surface area contributed by atoms with Gasteiger partial charge in [0.2, 0.25) is 0 Å². The average molecular weight is 407 g/mol. The van der Waals surface area contributed by atoms with Gasteiger partial charge in [0.25, 0.3) is 5.91 Å². The van der Waals surface area contributed by atoms with Crippen LogP contribution in [0.1, 0.15) is 29.0 Å². The van der Waals surface area contributed by atoms with E-state index in [9.17, 15) is 4.79 Å². The summed E-state index contributed by atoms with van der Waals surface area (Å²) in [5.74, 6) is 2.41. The second-order valence-corrected chi connectivity index (χ2v) is 7.43. The van der Waals surface area contributed by atoms with E-state index in [1.165, 1.54) is 14.2 Å². The highest BCUT2D eigenvalue weighted by Crippen LogP contribution is 2.28. The number of carbonyl (C=O) groups is 1. The largest absolute Gasteiger partial charge is 0.496 e. The monoisotopic (exact) mass is 406 g/mol. The Morgan fingerprint density at radius 1 is 1.32 bits per heavy atom. The molecule has 1 aliphatic rings. The second-order valence-electron chi connectivity index (χ2n) is 6.45. The predicted molar refractivity (Wildman–Crippen MR) is 106 cm³/mol. The molecule has 1 saturated heterocycles. The fraction of sp³-hybridized carbons (Fsp3) is 0.526. The maximum atomic E-state index is 12.6. The lowest BCUT2D eigenvalue weighted by Crippen LogP contribution is -2.27. The molecule has 2 heterocycles. The summed E-state index contributed by atoms with van der Waals surface area (Å²) in [7, 11) is 5.00. The highest BCUT2D eigenvalue weighted by Gasteiger charge is 2.19. The van der Waals surface area contributed by atoms with Gasteiger partial charge in [0.1, 0.15) is 22.9 Å². The lowest BCUT2D eigenvalue weighted by Gasteiger charge is -2.13. The number of carbonyl (C=O) groups excluding carboxylic acids is 1. The van der Waals surface area contributed by atoms with Gasteiger partial charge < -0.3 is 24.1 Å². The van der Waals surface area contributed by atoms with Crippen LogP contribution in [0.2, 0.25) is 0 Å². The van der Waals surface area contributed by atoms with Crippen molar-refractivity contribution < 1.29 is 19.0 Å². The SMILES string of the molecule is COc1cccc(OC)c1C(=O)NCCc1nnc(SC[C@@H]2CCCO2)n1C. The number of ether oxygens (including phenoxy) is 3. The van der Waals surface area contributed by atoms with Crippen molar-refractivity contribution in [2.45, 2.75) is 30.5 Å². The second kappa shape index (κ2) is 9.79. The Kier molecular flexibility index (Phi) is 7.16. The minimum Gasteiger partial charge on any atom is -0.496 e. The summed E-state index contributed by atoms with van der Waals surface area (Å²) < 4.78 is 18.2. The maximum absolute atomic E-state index is 12.6. The van der Waals surface area contributed by atoms with Crippen molar-refractivity contribution in [1.82, 2.24) is 20.1 Å². The Hall–Kier alpha value is -2.26. The number of nitrogens with zero attached hydrogens (tertiary/aromatic N) is 3. The standard InChI is InChI=1S/C19H26N4O4S/c1-23-16(21-22-19(23)28-12-13-6-5-11-27-13)9-10-20-18(24)17-14(25-2)7-4-8-15(17)26-3/h4,7-8,13H,5-6,9-12H2,1-3H3,(H,20,24)/t13-/m0/s1. The molecule has 152 valence electrons. The predicted octanol–water partition coefficient (Wildman–Crippen LogP) is 2.08. The van der Waals surface area contributed by atoms with Gasteiger partial charge >= 0.3 is 0 Å². The zero-order valence-corrected chi connectivity index (χ0v) is 17.3. The van der Waals surface area contributed by atoms with Gasteiger partial charge in [-0.15, -0.1) is 10.2 Å². The van der Waals surface area contributed by atoms with Crippen molar-refractivity contribution in [2.75, 3.05) is 33.1 Å². The molecule has 0 aliphatic carbocycles. The smallest absolute Gasteiger partial charge is 0.258 e. The molecule has 0 bridgehead atoms. The summed E-state index contributed by atoms with van der Waals surface area (Å²) in [5, 5.41) is 12.3. The molecule has 0 radical (unpaired) electrons. The van der Waals surface area contributed by atoms with E-state index in [0.717, 1.165) is 36.2 Å². The molecule has 1 N–H and O–H groups in total. The first-order valence-electron chi connectivity index (χ1n) is 9.26. The van der Waals surface area contributed by atoms with Gasteiger partial charge in [-0.25, -0.2) is 0 Å². The van der Waals surface area contributed by atoms with Crippen molar-refractivity contribution in [3.05, 3.63) is 29.6 Å². The number of amides is 1. The number of rotatable bonds is 9. The first kappa shape index (κ1) is 20.5. The van der Waals surface area contributed by atoms with Crippen molar-refractivity contribution in [3.8, 4) is 11.5 Å². The van der Waals surface area contributed by atoms with Crippen LogP contribution in [-0.2, 0) is 18.2 Å². The zero-order valence-electron chi connectivity index (χ0n) is 16.4. The normalized spacial score (nSPS) is 16.2. The van der Waals surface area contributed by atoms with Gasteiger partial charge in [-0.3, -0.25) is 4.79 Å². The van der Waals surface area contributed by atoms with E-state index >= 15 is 0 Å². The minimum atomic E-state index is -0.246. The molecule has 1 aromatic heterocycles. The number of methoxy groups -OCH3 is 2. The van der Waals surface area contributed by atoms with Crippen molar-refractivity contribution in [1.29, 1.82) is 0 Å². The summed E-state index contributed by atoms with van der Waals surface area (Å²) in [6.45, 7) is 1.29. The van der Waals surface area contributed by atoms with Crippen LogP contribution in [0.4, 0.5) is 0 Å². The lowest BCUT2D eigenvalue weighted by atomic mass is 10.1. The van der Waals surface area contributed by atoms with E-state index in [4.69, 9.17) is 14.2 Å². The summed E-state index contributed by atoms with van der Waals surface area (Å²) in [6.07, 6.45) is 3.12. The number of hydrogen-bond donors (Lipinski definition) is 1. The van der Waals surface area contributed by atoms with E-state index in [1.54, 1.807) is 30.0 Å². The number of nitrogens with one attached hydrogen (secondary N) is 1. The number of aromatic nitrogens is 3. The molecule has 1 atom stereocenters. The summed E-state index contributed by atoms with van der Waals surface area (Å²) in [4.78, 5) is 12.6. The average Bonchev–Trinajstić information content (AvgIpc) is 3.36. The highest BCUT2D eigenvalue weighted by molar-refractivity contribution is 7.99. The third-order valence-electron chi connectivity index (χ3n) is 4.64. The minimum absolute atomic E-state index is 0.246. The molecule has 1 aromatic carbocycles. The Balaban J connectivity index is 1.54. The van der Waals surface area contributed by atoms with Crippen LogP contribution < -0.4 is 14.8 Å². The van der Waals surface area contributed by atoms with Gasteiger partial charge in [0.05, 0.1) is 20.3 Å². The first-order chi connectivity index (χ1) is 13.6. The van der Waals surface area contributed by atoms with E-state index in [-0.39, 0.29) is 5.91 Å². The van der Waals surface area contributed by atoms with Crippen LogP contribution in [0, 0.1) is 0 Å². The van der Waals surface area contributed by atoms with Crippen LogP contribution in [0.15, 0.2) is 23.4 Å². The number of benzene rings is 1. The molecule has 1 aliphatic heterocycles. The van der Waals surface area contributed by atoms with Gasteiger partial charge in [0, 0.05) is 32.4 Å². The molecule has 9 heteroatoms. The molecular formula is C19H26N4O4S. The Morgan fingerprint density at radius 3 is 2.71 bits per heavy atom. The van der Waals surface area contributed by atoms with Gasteiger partial charge in [-0.2, -0.15) is 0 Å². The molecule has 3 rings (SSSR count). The first-order valence-corrected chi connectivity index (χ1v) is 10.2. The molecule has 1 fully saturated rings. The molecular weight excluding hydrogens is 380 g/mol. The Morgan fingerprint density at radius 2 is 2.07 bits per heavy atom. The fourth-order valence-electron chi connectivity index (χ4n) is 3.08. The van der Waals surface area contributed by atoms with Crippen LogP contribution in [0.5, 0.6) is 11.5 Å². The topological polar surface area (TPSA) is 87.5 Å². The van der Waals surface area contributed by atoms with Gasteiger partial charge in [-0.1, -0.05) is 17.8 Å². The number of hydrogen-bond acceptors (Lipinski definition) is 7. The van der Waals surface area contributed by atoms with Gasteiger partial charge in [0.15, 0.2) is 5.16 Å². The maximum Gasteiger partial charge on any atom is 0.258 e. The Labute approximate surface area is 168 Å². The summed E-state index contributed by atoms with van der Waals surface area (Å²) in [6, 6.07) is 5.25. The third-order valence-corrected chi connectivity index (χ3v) is 5.79.